The van der Waals surface area contributed by atoms with E-state index in [1.807, 2.05) is 0 Å². The van der Waals surface area contributed by atoms with Gasteiger partial charge >= 0.3 is 0 Å². The van der Waals surface area contributed by atoms with Crippen molar-refractivity contribution in [3.8, 4) is 0 Å². The van der Waals surface area contributed by atoms with E-state index in [4.69, 9.17) is 10.5 Å². The van der Waals surface area contributed by atoms with Gasteiger partial charge in [-0.1, -0.05) is 27.7 Å². The van der Waals surface area contributed by atoms with Gasteiger partial charge in [-0.05, 0) is 18.3 Å². The van der Waals surface area contributed by atoms with Crippen LogP contribution in [0, 0.1) is 17.3 Å². The zero-order valence-electron chi connectivity index (χ0n) is 12.0. The lowest BCUT2D eigenvalue weighted by Crippen LogP contribution is -2.45. The largest absolute Gasteiger partial charge is 0.381 e. The van der Waals surface area contributed by atoms with E-state index in [1.165, 1.54) is 13.1 Å². The number of hydrogen-bond donors (Lipinski definition) is 1. The van der Waals surface area contributed by atoms with Gasteiger partial charge in [0, 0.05) is 38.2 Å². The van der Waals surface area contributed by atoms with E-state index in [0.717, 1.165) is 32.7 Å². The molecule has 0 spiro atoms. The van der Waals surface area contributed by atoms with Gasteiger partial charge in [0.1, 0.15) is 0 Å². The van der Waals surface area contributed by atoms with Crippen LogP contribution >= 0.6 is 0 Å². The molecule has 1 aliphatic rings. The molecule has 0 aromatic carbocycles. The van der Waals surface area contributed by atoms with Gasteiger partial charge in [-0.3, -0.25) is 0 Å². The fourth-order valence-electron chi connectivity index (χ4n) is 2.71. The summed E-state index contributed by atoms with van der Waals surface area (Å²) in [7, 11) is 0. The lowest BCUT2D eigenvalue weighted by atomic mass is 9.86. The predicted molar refractivity (Wildman–Crippen MR) is 73.0 cm³/mol. The Kier molecular flexibility index (Phi) is 5.90. The Balaban J connectivity index is 2.56. The number of ether oxygens (including phenoxy) is 1. The van der Waals surface area contributed by atoms with Crippen LogP contribution in [0.5, 0.6) is 0 Å². The van der Waals surface area contributed by atoms with Crippen molar-refractivity contribution in [3.05, 3.63) is 0 Å². The summed E-state index contributed by atoms with van der Waals surface area (Å²) in [5.74, 6) is 1.43. The number of rotatable bonds is 7. The molecule has 3 heteroatoms. The van der Waals surface area contributed by atoms with Crippen molar-refractivity contribution in [1.29, 1.82) is 0 Å². The van der Waals surface area contributed by atoms with Gasteiger partial charge in [-0.25, -0.2) is 0 Å². The molecule has 1 rings (SSSR count). The van der Waals surface area contributed by atoms with E-state index in [1.54, 1.807) is 0 Å². The second-order valence-corrected chi connectivity index (χ2v) is 6.49. The summed E-state index contributed by atoms with van der Waals surface area (Å²) in [4.78, 5) is 2.58. The Bertz CT molecular complexity index is 200. The molecule has 0 amide bonds. The third-order valence-corrected chi connectivity index (χ3v) is 3.42. The summed E-state index contributed by atoms with van der Waals surface area (Å²) in [6.45, 7) is 15.0. The van der Waals surface area contributed by atoms with Crippen molar-refractivity contribution in [1.82, 2.24) is 4.90 Å². The summed E-state index contributed by atoms with van der Waals surface area (Å²) in [5, 5.41) is 0. The molecule has 1 aliphatic heterocycles. The Morgan fingerprint density at radius 3 is 2.12 bits per heavy atom. The van der Waals surface area contributed by atoms with Crippen LogP contribution in [-0.2, 0) is 4.74 Å². The van der Waals surface area contributed by atoms with Crippen molar-refractivity contribution in [2.45, 2.75) is 34.1 Å². The molecule has 0 aromatic heterocycles. The molecule has 1 saturated heterocycles. The van der Waals surface area contributed by atoms with Crippen LogP contribution in [0.3, 0.4) is 0 Å². The molecule has 17 heavy (non-hydrogen) atoms. The second-order valence-electron chi connectivity index (χ2n) is 6.49. The van der Waals surface area contributed by atoms with Gasteiger partial charge < -0.3 is 15.4 Å². The Labute approximate surface area is 107 Å². The first-order valence-electron chi connectivity index (χ1n) is 6.97. The summed E-state index contributed by atoms with van der Waals surface area (Å²) in [6.07, 6.45) is 1.12. The van der Waals surface area contributed by atoms with Crippen molar-refractivity contribution in [2.75, 3.05) is 39.4 Å². The maximum atomic E-state index is 5.97. The number of hydrogen-bond acceptors (Lipinski definition) is 3. The van der Waals surface area contributed by atoms with Crippen molar-refractivity contribution < 1.29 is 4.74 Å². The Morgan fingerprint density at radius 1 is 1.18 bits per heavy atom. The third kappa shape index (κ3) is 4.94. The minimum Gasteiger partial charge on any atom is -0.381 e. The smallest absolute Gasteiger partial charge is 0.0547 e. The molecule has 1 atom stereocenters. The molecular weight excluding hydrogens is 212 g/mol. The summed E-state index contributed by atoms with van der Waals surface area (Å²) < 4.78 is 5.56. The fraction of sp³-hybridized carbons (Fsp3) is 1.00. The van der Waals surface area contributed by atoms with E-state index < -0.39 is 0 Å². The monoisotopic (exact) mass is 242 g/mol. The molecule has 0 radical (unpaired) electrons. The minimum absolute atomic E-state index is 0.212. The molecule has 102 valence electrons. The van der Waals surface area contributed by atoms with Crippen LogP contribution in [0.4, 0.5) is 0 Å². The highest BCUT2D eigenvalue weighted by Crippen LogP contribution is 2.29. The minimum atomic E-state index is 0.212. The highest BCUT2D eigenvalue weighted by Gasteiger charge is 2.35. The maximum Gasteiger partial charge on any atom is 0.0547 e. The SMILES string of the molecule is CC(C)CN(CC(C)C)CC1(CN)CCOC1. The van der Waals surface area contributed by atoms with Crippen molar-refractivity contribution >= 4 is 0 Å². The van der Waals surface area contributed by atoms with Gasteiger partial charge in [0.25, 0.3) is 0 Å². The first-order chi connectivity index (χ1) is 7.97. The fourth-order valence-corrected chi connectivity index (χ4v) is 2.71. The van der Waals surface area contributed by atoms with E-state index in [9.17, 15) is 0 Å². The van der Waals surface area contributed by atoms with Crippen LogP contribution in [0.25, 0.3) is 0 Å². The third-order valence-electron chi connectivity index (χ3n) is 3.42. The number of nitrogens with zero attached hydrogens (tertiary/aromatic N) is 1. The Morgan fingerprint density at radius 2 is 1.76 bits per heavy atom. The lowest BCUT2D eigenvalue weighted by molar-refractivity contribution is 0.102. The molecule has 1 fully saturated rings. The predicted octanol–water partition coefficient (Wildman–Crippen LogP) is 1.97. The highest BCUT2D eigenvalue weighted by molar-refractivity contribution is 4.87. The Hall–Kier alpha value is -0.120. The molecule has 1 unspecified atom stereocenters. The van der Waals surface area contributed by atoms with E-state index in [-0.39, 0.29) is 5.41 Å². The van der Waals surface area contributed by atoms with Crippen LogP contribution in [0.1, 0.15) is 34.1 Å². The molecule has 3 nitrogen and oxygen atoms in total. The normalized spacial score (nSPS) is 25.4. The molecule has 0 aromatic rings. The van der Waals surface area contributed by atoms with E-state index in [2.05, 4.69) is 32.6 Å². The molecule has 0 saturated carbocycles. The van der Waals surface area contributed by atoms with E-state index in [0.29, 0.717) is 11.8 Å². The summed E-state index contributed by atoms with van der Waals surface area (Å²) >= 11 is 0. The molecule has 1 heterocycles. The van der Waals surface area contributed by atoms with Gasteiger partial charge in [-0.15, -0.1) is 0 Å². The summed E-state index contributed by atoms with van der Waals surface area (Å²) in [6, 6.07) is 0. The van der Waals surface area contributed by atoms with Crippen LogP contribution in [-0.4, -0.2) is 44.3 Å². The van der Waals surface area contributed by atoms with Crippen LogP contribution in [0.15, 0.2) is 0 Å². The molecular formula is C14H30N2O. The van der Waals surface area contributed by atoms with Crippen LogP contribution < -0.4 is 5.73 Å². The first kappa shape index (κ1) is 14.9. The zero-order chi connectivity index (χ0) is 12.9. The van der Waals surface area contributed by atoms with Gasteiger partial charge in [-0.2, -0.15) is 0 Å². The molecule has 0 bridgehead atoms. The standard InChI is InChI=1S/C14H30N2O/c1-12(2)7-16(8-13(3)4)10-14(9-15)5-6-17-11-14/h12-13H,5-11,15H2,1-4H3. The number of nitrogens with two attached hydrogens (primary N) is 1. The average molecular weight is 242 g/mol. The average Bonchev–Trinajstić information content (AvgIpc) is 2.65. The zero-order valence-corrected chi connectivity index (χ0v) is 12.0. The second kappa shape index (κ2) is 6.72. The van der Waals surface area contributed by atoms with Gasteiger partial charge in [0.2, 0.25) is 0 Å². The summed E-state index contributed by atoms with van der Waals surface area (Å²) in [5.41, 5.74) is 6.18. The lowest BCUT2D eigenvalue weighted by Gasteiger charge is -2.35. The van der Waals surface area contributed by atoms with Crippen molar-refractivity contribution in [2.24, 2.45) is 23.0 Å². The first-order valence-corrected chi connectivity index (χ1v) is 6.97. The van der Waals surface area contributed by atoms with Gasteiger partial charge in [0.15, 0.2) is 0 Å². The highest BCUT2D eigenvalue weighted by atomic mass is 16.5. The molecule has 0 aliphatic carbocycles. The van der Waals surface area contributed by atoms with Gasteiger partial charge in [0.05, 0.1) is 6.61 Å². The van der Waals surface area contributed by atoms with Crippen LogP contribution in [0.2, 0.25) is 0 Å². The maximum absolute atomic E-state index is 5.97. The van der Waals surface area contributed by atoms with Crippen molar-refractivity contribution in [3.63, 3.8) is 0 Å². The quantitative estimate of drug-likeness (QED) is 0.742. The van der Waals surface area contributed by atoms with E-state index >= 15 is 0 Å². The topological polar surface area (TPSA) is 38.5 Å². The molecule has 2 N–H and O–H groups in total.